The number of carbonyl (C=O) groups is 2. The molecule has 1 unspecified atom stereocenters. The minimum Gasteiger partial charge on any atom is -0.447 e. The number of amides is 2. The van der Waals surface area contributed by atoms with Crippen LogP contribution in [0.5, 0.6) is 0 Å². The van der Waals surface area contributed by atoms with Crippen LogP contribution in [0.1, 0.15) is 57.1 Å². The van der Waals surface area contributed by atoms with Crippen molar-refractivity contribution >= 4 is 12.0 Å². The molecule has 0 bridgehead atoms. The number of hydrogen-bond donors (Lipinski definition) is 1. The summed E-state index contributed by atoms with van der Waals surface area (Å²) in [5.74, 6) is -0.529. The summed E-state index contributed by atoms with van der Waals surface area (Å²) in [6, 6.07) is 19.3. The van der Waals surface area contributed by atoms with Crippen molar-refractivity contribution in [2.24, 2.45) is 5.92 Å². The fourth-order valence-electron chi connectivity index (χ4n) is 4.31. The summed E-state index contributed by atoms with van der Waals surface area (Å²) in [6.45, 7) is 4.82. The minimum atomic E-state index is -0.540. The normalized spacial score (nSPS) is 17.6. The molecule has 0 aromatic heterocycles. The van der Waals surface area contributed by atoms with Crippen LogP contribution in [0.2, 0.25) is 0 Å². The highest BCUT2D eigenvalue weighted by atomic mass is 16.6. The second kappa shape index (κ2) is 13.1. The zero-order valence-corrected chi connectivity index (χ0v) is 19.7. The van der Waals surface area contributed by atoms with Crippen molar-refractivity contribution < 1.29 is 19.2 Å². The average molecular weight is 453 g/mol. The van der Waals surface area contributed by atoms with Crippen molar-refractivity contribution in [3.63, 3.8) is 0 Å². The summed E-state index contributed by atoms with van der Waals surface area (Å²) in [5.41, 5.74) is 5.27. The second-order valence-electron chi connectivity index (χ2n) is 8.64. The summed E-state index contributed by atoms with van der Waals surface area (Å²) >= 11 is 0. The molecule has 2 aromatic rings. The van der Waals surface area contributed by atoms with Crippen LogP contribution >= 0.6 is 0 Å². The Morgan fingerprint density at radius 2 is 1.73 bits per heavy atom. The molecule has 1 aliphatic heterocycles. The van der Waals surface area contributed by atoms with Gasteiger partial charge in [0.15, 0.2) is 0 Å². The fraction of sp³-hybridized carbons (Fsp3) is 0.481. The van der Waals surface area contributed by atoms with E-state index in [1.54, 1.807) is 0 Å². The van der Waals surface area contributed by atoms with Crippen molar-refractivity contribution in [3.8, 4) is 0 Å². The third kappa shape index (κ3) is 7.14. The van der Waals surface area contributed by atoms with E-state index in [0.717, 1.165) is 30.4 Å². The summed E-state index contributed by atoms with van der Waals surface area (Å²) in [7, 11) is 0. The standard InChI is InChI=1S/C27H36N2O4/c1-3-5-8-17-24(25(4-2)28-33-19-22-15-11-7-12-16-22)26(30)29-23(20-32-27(29)31)18-21-13-9-6-10-14-21/h6-7,9-16,23-25,28H,3-5,8,17-20H2,1-2H3/t23-,24+,25?/m0/s1. The number of rotatable bonds is 13. The van der Waals surface area contributed by atoms with Gasteiger partial charge < -0.3 is 4.74 Å². The Balaban J connectivity index is 1.70. The van der Waals surface area contributed by atoms with E-state index in [4.69, 9.17) is 9.57 Å². The predicted molar refractivity (Wildman–Crippen MR) is 128 cm³/mol. The molecule has 1 saturated heterocycles. The van der Waals surface area contributed by atoms with E-state index < -0.39 is 6.09 Å². The maximum atomic E-state index is 13.7. The molecule has 1 heterocycles. The molecule has 178 valence electrons. The predicted octanol–water partition coefficient (Wildman–Crippen LogP) is 5.27. The number of cyclic esters (lactones) is 1. The Morgan fingerprint density at radius 1 is 1.06 bits per heavy atom. The number of nitrogens with one attached hydrogen (secondary N) is 1. The summed E-state index contributed by atoms with van der Waals surface area (Å²) in [4.78, 5) is 33.4. The molecular formula is C27H36N2O4. The first-order valence-corrected chi connectivity index (χ1v) is 12.1. The largest absolute Gasteiger partial charge is 0.447 e. The zero-order chi connectivity index (χ0) is 23.5. The molecule has 1 aliphatic rings. The number of hydroxylamine groups is 1. The Hall–Kier alpha value is -2.70. The second-order valence-corrected chi connectivity index (χ2v) is 8.64. The lowest BCUT2D eigenvalue weighted by Gasteiger charge is -2.30. The van der Waals surface area contributed by atoms with E-state index in [-0.39, 0.29) is 30.5 Å². The van der Waals surface area contributed by atoms with Crippen LogP contribution in [0, 0.1) is 5.92 Å². The van der Waals surface area contributed by atoms with E-state index in [1.807, 2.05) is 67.6 Å². The Morgan fingerprint density at radius 3 is 2.36 bits per heavy atom. The number of ether oxygens (including phenoxy) is 1. The molecule has 1 fully saturated rings. The van der Waals surface area contributed by atoms with E-state index in [1.165, 1.54) is 4.90 Å². The SMILES string of the molecule is CCCCC[C@@H](C(=O)N1C(=O)OC[C@@H]1Cc1ccccc1)C(CC)NOCc1ccccc1. The molecule has 1 N–H and O–H groups in total. The van der Waals surface area contributed by atoms with E-state index >= 15 is 0 Å². The maximum Gasteiger partial charge on any atom is 0.416 e. The molecule has 0 spiro atoms. The lowest BCUT2D eigenvalue weighted by atomic mass is 9.90. The van der Waals surface area contributed by atoms with E-state index in [0.29, 0.717) is 25.9 Å². The molecule has 2 aromatic carbocycles. The smallest absolute Gasteiger partial charge is 0.416 e. The highest BCUT2D eigenvalue weighted by molar-refractivity contribution is 5.95. The number of nitrogens with zero attached hydrogens (tertiary/aromatic N) is 1. The molecule has 0 saturated carbocycles. The molecule has 6 nitrogen and oxygen atoms in total. The Labute approximate surface area is 197 Å². The zero-order valence-electron chi connectivity index (χ0n) is 19.7. The first-order valence-electron chi connectivity index (χ1n) is 12.1. The number of imide groups is 1. The van der Waals surface area contributed by atoms with Gasteiger partial charge in [0.25, 0.3) is 0 Å². The van der Waals surface area contributed by atoms with Crippen molar-refractivity contribution in [2.75, 3.05) is 6.61 Å². The van der Waals surface area contributed by atoms with Gasteiger partial charge in [0, 0.05) is 6.04 Å². The van der Waals surface area contributed by atoms with Gasteiger partial charge in [-0.1, -0.05) is 93.8 Å². The molecular weight excluding hydrogens is 416 g/mol. The number of hydrogen-bond acceptors (Lipinski definition) is 5. The van der Waals surface area contributed by atoms with Crippen LogP contribution < -0.4 is 5.48 Å². The van der Waals surface area contributed by atoms with Gasteiger partial charge in [-0.2, -0.15) is 5.48 Å². The minimum absolute atomic E-state index is 0.169. The van der Waals surface area contributed by atoms with Gasteiger partial charge in [-0.05, 0) is 30.4 Å². The lowest BCUT2D eigenvalue weighted by molar-refractivity contribution is -0.137. The van der Waals surface area contributed by atoms with Gasteiger partial charge in [-0.25, -0.2) is 9.69 Å². The quantitative estimate of drug-likeness (QED) is 0.331. The third-order valence-electron chi connectivity index (χ3n) is 6.19. The van der Waals surface area contributed by atoms with Gasteiger partial charge in [0.1, 0.15) is 6.61 Å². The monoisotopic (exact) mass is 452 g/mol. The molecule has 33 heavy (non-hydrogen) atoms. The van der Waals surface area contributed by atoms with Crippen LogP contribution in [-0.2, 0) is 27.4 Å². The number of carbonyl (C=O) groups excluding carboxylic acids is 2. The van der Waals surface area contributed by atoms with Crippen LogP contribution in [0.4, 0.5) is 4.79 Å². The van der Waals surface area contributed by atoms with Crippen molar-refractivity contribution in [3.05, 3.63) is 71.8 Å². The number of unbranched alkanes of at least 4 members (excludes halogenated alkanes) is 2. The Bertz CT molecular complexity index is 859. The summed E-state index contributed by atoms with van der Waals surface area (Å²) in [6.07, 6.45) is 4.51. The van der Waals surface area contributed by atoms with Crippen molar-refractivity contribution in [1.82, 2.24) is 10.4 Å². The topological polar surface area (TPSA) is 67.9 Å². The first kappa shape index (κ1) is 24.9. The van der Waals surface area contributed by atoms with Crippen molar-refractivity contribution in [1.29, 1.82) is 0 Å². The third-order valence-corrected chi connectivity index (χ3v) is 6.19. The van der Waals surface area contributed by atoms with Gasteiger partial charge in [-0.3, -0.25) is 9.63 Å². The Kier molecular flexibility index (Phi) is 9.91. The van der Waals surface area contributed by atoms with Crippen LogP contribution in [0.25, 0.3) is 0 Å². The average Bonchev–Trinajstić information content (AvgIpc) is 3.21. The van der Waals surface area contributed by atoms with Crippen LogP contribution in [0.15, 0.2) is 60.7 Å². The van der Waals surface area contributed by atoms with Gasteiger partial charge >= 0.3 is 6.09 Å². The molecule has 3 atom stereocenters. The van der Waals surface area contributed by atoms with Crippen LogP contribution in [0.3, 0.4) is 0 Å². The number of benzene rings is 2. The van der Waals surface area contributed by atoms with Gasteiger partial charge in [0.2, 0.25) is 5.91 Å². The summed E-state index contributed by atoms with van der Waals surface area (Å²) in [5, 5.41) is 0. The maximum absolute atomic E-state index is 13.7. The van der Waals surface area contributed by atoms with Crippen molar-refractivity contribution in [2.45, 2.75) is 71.1 Å². The highest BCUT2D eigenvalue weighted by Crippen LogP contribution is 2.25. The van der Waals surface area contributed by atoms with E-state index in [2.05, 4.69) is 12.4 Å². The fourth-order valence-corrected chi connectivity index (χ4v) is 4.31. The molecule has 6 heteroatoms. The molecule has 0 radical (unpaired) electrons. The molecule has 0 aliphatic carbocycles. The summed E-state index contributed by atoms with van der Waals surface area (Å²) < 4.78 is 5.31. The molecule has 2 amide bonds. The first-order chi connectivity index (χ1) is 16.1. The highest BCUT2D eigenvalue weighted by Gasteiger charge is 2.42. The van der Waals surface area contributed by atoms with Gasteiger partial charge in [-0.15, -0.1) is 0 Å². The lowest BCUT2D eigenvalue weighted by Crippen LogP contribution is -2.49. The van der Waals surface area contributed by atoms with E-state index in [9.17, 15) is 9.59 Å². The van der Waals surface area contributed by atoms with Crippen LogP contribution in [-0.4, -0.2) is 35.6 Å². The van der Waals surface area contributed by atoms with Gasteiger partial charge in [0.05, 0.1) is 18.6 Å². The molecule has 3 rings (SSSR count).